The molecule has 3 N–H and O–H groups in total. The normalized spacial score (nSPS) is 11.1. The lowest BCUT2D eigenvalue weighted by molar-refractivity contribution is 0.245. The van der Waals surface area contributed by atoms with Crippen LogP contribution in [0.25, 0.3) is 0 Å². The maximum absolute atomic E-state index is 11.6. The zero-order chi connectivity index (χ0) is 15.2. The molecule has 0 unspecified atom stereocenters. The minimum atomic E-state index is -0.481. The second-order valence-corrected chi connectivity index (χ2v) is 5.12. The highest BCUT2D eigenvalue weighted by Gasteiger charge is 2.05. The maximum atomic E-state index is 11.6. The number of hydrogen-bond acceptors (Lipinski definition) is 3. The summed E-state index contributed by atoms with van der Waals surface area (Å²) in [7, 11) is 1.49. The van der Waals surface area contributed by atoms with E-state index in [1.165, 1.54) is 44.5 Å². The number of nitrogens with zero attached hydrogens (tertiary/aromatic N) is 1. The summed E-state index contributed by atoms with van der Waals surface area (Å²) in [5.41, 5.74) is 0. The van der Waals surface area contributed by atoms with E-state index < -0.39 is 6.03 Å². The Morgan fingerprint density at radius 2 is 1.75 bits per heavy atom. The lowest BCUT2D eigenvalue weighted by Crippen LogP contribution is -2.39. The highest BCUT2D eigenvalue weighted by Crippen LogP contribution is 2.04. The summed E-state index contributed by atoms with van der Waals surface area (Å²) in [4.78, 5) is 26.3. The van der Waals surface area contributed by atoms with Crippen molar-refractivity contribution < 1.29 is 9.59 Å². The minimum Gasteiger partial charge on any atom is -0.339 e. The first-order valence-corrected chi connectivity index (χ1v) is 8.25. The summed E-state index contributed by atoms with van der Waals surface area (Å²) >= 11 is 1.21. The molecule has 0 aliphatic rings. The smallest absolute Gasteiger partial charge is 0.339 e. The summed E-state index contributed by atoms with van der Waals surface area (Å²) in [6.45, 7) is 2.83. The number of rotatable bonds is 7. The molecular weight excluding hydrogens is 276 g/mol. The number of nitrogens with one attached hydrogen (secondary N) is 3. The Morgan fingerprint density at radius 3 is 2.35 bits per heavy atom. The van der Waals surface area contributed by atoms with Crippen molar-refractivity contribution in [3.05, 3.63) is 0 Å². The van der Waals surface area contributed by atoms with Crippen molar-refractivity contribution in [2.24, 2.45) is 4.99 Å². The average Bonchev–Trinajstić information content (AvgIpc) is 2.45. The molecule has 0 saturated carbocycles. The number of aliphatic imine (C=N–C) groups is 1. The summed E-state index contributed by atoms with van der Waals surface area (Å²) in [5.74, 6) is 0. The van der Waals surface area contributed by atoms with E-state index in [0.717, 1.165) is 12.8 Å². The number of urea groups is 2. The van der Waals surface area contributed by atoms with Crippen LogP contribution in [-0.2, 0) is 0 Å². The van der Waals surface area contributed by atoms with Crippen molar-refractivity contribution in [1.29, 1.82) is 0 Å². The van der Waals surface area contributed by atoms with Gasteiger partial charge in [0.2, 0.25) is 0 Å². The van der Waals surface area contributed by atoms with E-state index in [4.69, 9.17) is 0 Å². The van der Waals surface area contributed by atoms with Gasteiger partial charge in [0.25, 0.3) is 0 Å². The molecule has 116 valence electrons. The van der Waals surface area contributed by atoms with Crippen LogP contribution in [0.1, 0.15) is 45.4 Å². The Bertz CT molecular complexity index is 321. The summed E-state index contributed by atoms with van der Waals surface area (Å²) < 4.78 is 0. The molecule has 0 aliphatic heterocycles. The van der Waals surface area contributed by atoms with E-state index in [1.807, 2.05) is 0 Å². The summed E-state index contributed by atoms with van der Waals surface area (Å²) in [6, 6.07) is -0.805. The number of thioether (sulfide) groups is 1. The van der Waals surface area contributed by atoms with Gasteiger partial charge in [-0.15, -0.1) is 0 Å². The molecule has 20 heavy (non-hydrogen) atoms. The second-order valence-electron chi connectivity index (χ2n) is 4.32. The lowest BCUT2D eigenvalue weighted by atomic mass is 10.1. The van der Waals surface area contributed by atoms with Crippen LogP contribution in [0, 0.1) is 0 Å². The maximum Gasteiger partial charge on any atom is 0.343 e. The molecule has 0 rings (SSSR count). The zero-order valence-electron chi connectivity index (χ0n) is 12.6. The SMILES string of the molecule is CCCCCCCCNC(=O)NC(=NC(=O)NC)SC. The quantitative estimate of drug-likeness (QED) is 0.384. The van der Waals surface area contributed by atoms with Crippen molar-refractivity contribution >= 4 is 29.0 Å². The third kappa shape index (κ3) is 10.7. The van der Waals surface area contributed by atoms with Gasteiger partial charge in [0.15, 0.2) is 5.17 Å². The molecule has 6 nitrogen and oxygen atoms in total. The predicted octanol–water partition coefficient (Wildman–Crippen LogP) is 2.70. The third-order valence-electron chi connectivity index (χ3n) is 2.65. The van der Waals surface area contributed by atoms with E-state index in [0.29, 0.717) is 6.54 Å². The predicted molar refractivity (Wildman–Crippen MR) is 85.3 cm³/mol. The van der Waals surface area contributed by atoms with Crippen LogP contribution >= 0.6 is 11.8 Å². The minimum absolute atomic E-state index is 0.282. The Hall–Kier alpha value is -1.24. The highest BCUT2D eigenvalue weighted by atomic mass is 32.2. The van der Waals surface area contributed by atoms with Gasteiger partial charge in [0.05, 0.1) is 0 Å². The Kier molecular flexibility index (Phi) is 12.0. The van der Waals surface area contributed by atoms with Crippen molar-refractivity contribution in [2.45, 2.75) is 45.4 Å². The van der Waals surface area contributed by atoms with Gasteiger partial charge in [-0.05, 0) is 12.7 Å². The Labute approximate surface area is 125 Å². The first kappa shape index (κ1) is 18.8. The first-order valence-electron chi connectivity index (χ1n) is 7.03. The largest absolute Gasteiger partial charge is 0.343 e. The Morgan fingerprint density at radius 1 is 1.10 bits per heavy atom. The highest BCUT2D eigenvalue weighted by molar-refractivity contribution is 8.13. The topological polar surface area (TPSA) is 82.6 Å². The third-order valence-corrected chi connectivity index (χ3v) is 3.23. The molecule has 0 bridgehead atoms. The van der Waals surface area contributed by atoms with Crippen LogP contribution in [0.4, 0.5) is 9.59 Å². The number of unbranched alkanes of at least 4 members (excludes halogenated alkanes) is 5. The molecule has 0 aromatic rings. The number of carbonyl (C=O) groups excluding carboxylic acids is 2. The van der Waals surface area contributed by atoms with Crippen molar-refractivity contribution in [3.63, 3.8) is 0 Å². The molecule has 7 heteroatoms. The monoisotopic (exact) mass is 302 g/mol. The van der Waals surface area contributed by atoms with Crippen LogP contribution in [0.15, 0.2) is 4.99 Å². The van der Waals surface area contributed by atoms with Gasteiger partial charge in [-0.3, -0.25) is 5.32 Å². The van der Waals surface area contributed by atoms with Crippen molar-refractivity contribution in [3.8, 4) is 0 Å². The molecule has 4 amide bonds. The number of amides is 4. The van der Waals surface area contributed by atoms with Crippen LogP contribution < -0.4 is 16.0 Å². The van der Waals surface area contributed by atoms with E-state index in [2.05, 4.69) is 27.9 Å². The molecule has 0 spiro atoms. The molecule has 0 heterocycles. The van der Waals surface area contributed by atoms with Crippen molar-refractivity contribution in [2.75, 3.05) is 19.8 Å². The van der Waals surface area contributed by atoms with Gasteiger partial charge in [0, 0.05) is 13.6 Å². The summed E-state index contributed by atoms with van der Waals surface area (Å²) in [5, 5.41) is 7.95. The van der Waals surface area contributed by atoms with Gasteiger partial charge < -0.3 is 10.6 Å². The lowest BCUT2D eigenvalue weighted by Gasteiger charge is -2.08. The first-order chi connectivity index (χ1) is 9.63. The molecule has 0 saturated heterocycles. The van der Waals surface area contributed by atoms with Crippen LogP contribution in [0.2, 0.25) is 0 Å². The molecule has 0 aromatic heterocycles. The molecule has 0 radical (unpaired) electrons. The van der Waals surface area contributed by atoms with Gasteiger partial charge in [-0.2, -0.15) is 4.99 Å². The molecule has 0 atom stereocenters. The number of amidine groups is 1. The fourth-order valence-corrected chi connectivity index (χ4v) is 1.89. The second kappa shape index (κ2) is 12.8. The van der Waals surface area contributed by atoms with Crippen molar-refractivity contribution in [1.82, 2.24) is 16.0 Å². The fraction of sp³-hybridized carbons (Fsp3) is 0.769. The van der Waals surface area contributed by atoms with Crippen LogP contribution in [-0.4, -0.2) is 37.1 Å². The number of hydrogen-bond donors (Lipinski definition) is 3. The van der Waals surface area contributed by atoms with E-state index in [1.54, 1.807) is 6.26 Å². The Balaban J connectivity index is 3.76. The van der Waals surface area contributed by atoms with Gasteiger partial charge in [0.1, 0.15) is 0 Å². The standard InChI is InChI=1S/C13H26N4O2S/c1-4-5-6-7-8-9-10-15-12(19)17-13(20-3)16-11(18)14-2/h4-10H2,1-3H3,(H3,14,15,16,17,18,19). The zero-order valence-corrected chi connectivity index (χ0v) is 13.4. The van der Waals surface area contributed by atoms with Gasteiger partial charge in [-0.1, -0.05) is 50.8 Å². The van der Waals surface area contributed by atoms with Crippen LogP contribution in [0.5, 0.6) is 0 Å². The van der Waals surface area contributed by atoms with E-state index >= 15 is 0 Å². The van der Waals surface area contributed by atoms with Crippen LogP contribution in [0.3, 0.4) is 0 Å². The van der Waals surface area contributed by atoms with E-state index in [-0.39, 0.29) is 11.2 Å². The molecule has 0 aliphatic carbocycles. The molecule has 0 fully saturated rings. The van der Waals surface area contributed by atoms with Gasteiger partial charge in [-0.25, -0.2) is 9.59 Å². The molecule has 0 aromatic carbocycles. The van der Waals surface area contributed by atoms with E-state index in [9.17, 15) is 9.59 Å². The molecular formula is C13H26N4O2S. The summed E-state index contributed by atoms with van der Waals surface area (Å²) in [6.07, 6.45) is 8.84. The average molecular weight is 302 g/mol. The fourth-order valence-electron chi connectivity index (χ4n) is 1.52. The van der Waals surface area contributed by atoms with Gasteiger partial charge >= 0.3 is 12.1 Å². The number of carbonyl (C=O) groups is 2.